The molecule has 0 fully saturated rings. The van der Waals surface area contributed by atoms with Gasteiger partial charge in [0.1, 0.15) is 0 Å². The number of nitrogens with zero attached hydrogens (tertiary/aromatic N) is 1. The molecule has 4 heteroatoms. The van der Waals surface area contributed by atoms with Gasteiger partial charge in [0.05, 0.1) is 5.51 Å². The summed E-state index contributed by atoms with van der Waals surface area (Å²) in [5.41, 5.74) is 3.34. The van der Waals surface area contributed by atoms with Crippen LogP contribution in [0, 0.1) is 0 Å². The lowest BCUT2D eigenvalue weighted by atomic mass is 10.0. The Morgan fingerprint density at radius 3 is 2.95 bits per heavy atom. The molecule has 98 valence electrons. The van der Waals surface area contributed by atoms with Gasteiger partial charge in [0.2, 0.25) is 0 Å². The minimum absolute atomic E-state index is 0.371. The minimum atomic E-state index is 0.371. The van der Waals surface area contributed by atoms with E-state index in [0.717, 1.165) is 13.0 Å². The van der Waals surface area contributed by atoms with Crippen molar-refractivity contribution in [3.8, 4) is 0 Å². The number of fused-ring (bicyclic) bond motifs is 1. The summed E-state index contributed by atoms with van der Waals surface area (Å²) < 4.78 is 1.37. The molecule has 0 spiro atoms. The summed E-state index contributed by atoms with van der Waals surface area (Å²) in [4.78, 5) is 5.51. The van der Waals surface area contributed by atoms with Crippen LogP contribution in [-0.4, -0.2) is 11.5 Å². The van der Waals surface area contributed by atoms with E-state index in [9.17, 15) is 0 Å². The molecule has 3 rings (SSSR count). The van der Waals surface area contributed by atoms with Crippen molar-refractivity contribution in [1.82, 2.24) is 10.3 Å². The highest BCUT2D eigenvalue weighted by atomic mass is 32.1. The minimum Gasteiger partial charge on any atom is -0.309 e. The number of aromatic nitrogens is 1. The molecule has 2 aromatic heterocycles. The van der Waals surface area contributed by atoms with Crippen LogP contribution < -0.4 is 5.32 Å². The summed E-state index contributed by atoms with van der Waals surface area (Å²) in [6, 6.07) is 9.01. The van der Waals surface area contributed by atoms with Gasteiger partial charge in [0, 0.05) is 21.8 Å². The van der Waals surface area contributed by atoms with Crippen LogP contribution in [0.4, 0.5) is 0 Å². The first-order valence-corrected chi connectivity index (χ1v) is 8.21. The van der Waals surface area contributed by atoms with E-state index >= 15 is 0 Å². The van der Waals surface area contributed by atoms with Gasteiger partial charge in [-0.05, 0) is 35.4 Å². The molecule has 19 heavy (non-hydrogen) atoms. The summed E-state index contributed by atoms with van der Waals surface area (Å²) in [6.45, 7) is 3.13. The molecular weight excluding hydrogens is 272 g/mol. The van der Waals surface area contributed by atoms with Crippen molar-refractivity contribution < 1.29 is 0 Å². The zero-order valence-electron chi connectivity index (χ0n) is 10.8. The monoisotopic (exact) mass is 288 g/mol. The number of thiazole rings is 1. The molecule has 2 heterocycles. The average molecular weight is 288 g/mol. The van der Waals surface area contributed by atoms with E-state index < -0.39 is 0 Å². The normalized spacial score (nSPS) is 12.9. The highest BCUT2D eigenvalue weighted by molar-refractivity contribution is 7.17. The number of hydrogen-bond donors (Lipinski definition) is 1. The highest BCUT2D eigenvalue weighted by Gasteiger charge is 2.15. The molecule has 0 aliphatic heterocycles. The van der Waals surface area contributed by atoms with Crippen molar-refractivity contribution in [2.24, 2.45) is 0 Å². The number of hydrogen-bond acceptors (Lipinski definition) is 4. The molecular formula is C15H16N2S2. The van der Waals surface area contributed by atoms with Crippen molar-refractivity contribution in [3.63, 3.8) is 0 Å². The fourth-order valence-corrected chi connectivity index (χ4v) is 4.00. The quantitative estimate of drug-likeness (QED) is 0.759. The second-order valence-corrected chi connectivity index (χ2v) is 6.30. The van der Waals surface area contributed by atoms with Crippen LogP contribution in [0.2, 0.25) is 0 Å². The zero-order valence-corrected chi connectivity index (χ0v) is 12.4. The van der Waals surface area contributed by atoms with E-state index in [4.69, 9.17) is 0 Å². The van der Waals surface area contributed by atoms with Gasteiger partial charge >= 0.3 is 0 Å². The smallest absolute Gasteiger partial charge is 0.0794 e. The Balaban J connectivity index is 1.89. The van der Waals surface area contributed by atoms with Crippen molar-refractivity contribution in [3.05, 3.63) is 51.8 Å². The Labute approximate surface area is 121 Å². The third kappa shape index (κ3) is 2.71. The van der Waals surface area contributed by atoms with Crippen LogP contribution in [0.5, 0.6) is 0 Å². The number of likely N-dealkylation sites (N-methyl/N-ethyl adjacent to an activating group) is 1. The molecule has 1 atom stereocenters. The largest absolute Gasteiger partial charge is 0.309 e. The van der Waals surface area contributed by atoms with Gasteiger partial charge in [-0.25, -0.2) is 0 Å². The fraction of sp³-hybridized carbons (Fsp3) is 0.267. The van der Waals surface area contributed by atoms with Crippen LogP contribution in [0.15, 0.2) is 41.4 Å². The topological polar surface area (TPSA) is 24.9 Å². The summed E-state index contributed by atoms with van der Waals surface area (Å²) in [5, 5.41) is 7.24. The van der Waals surface area contributed by atoms with Crippen LogP contribution in [0.3, 0.4) is 0 Å². The van der Waals surface area contributed by atoms with Crippen LogP contribution >= 0.6 is 22.7 Å². The number of nitrogens with one attached hydrogen (secondary N) is 1. The lowest BCUT2D eigenvalue weighted by molar-refractivity contribution is 0.559. The van der Waals surface area contributed by atoms with Gasteiger partial charge < -0.3 is 5.32 Å². The van der Waals surface area contributed by atoms with E-state index in [1.165, 1.54) is 20.5 Å². The summed E-state index contributed by atoms with van der Waals surface area (Å²) in [6.07, 6.45) is 3.01. The van der Waals surface area contributed by atoms with E-state index in [-0.39, 0.29) is 0 Å². The maximum Gasteiger partial charge on any atom is 0.0794 e. The predicted octanol–water partition coefficient (Wildman–Crippen LogP) is 4.25. The molecule has 0 aliphatic rings. The van der Waals surface area contributed by atoms with E-state index in [2.05, 4.69) is 46.9 Å². The first-order valence-electron chi connectivity index (χ1n) is 6.45. The lowest BCUT2D eigenvalue weighted by Gasteiger charge is -2.15. The molecule has 1 N–H and O–H groups in total. The number of benzene rings is 1. The highest BCUT2D eigenvalue weighted by Crippen LogP contribution is 2.30. The maximum atomic E-state index is 4.20. The first kappa shape index (κ1) is 12.8. The molecule has 3 aromatic rings. The number of rotatable bonds is 5. The Morgan fingerprint density at radius 1 is 1.26 bits per heavy atom. The maximum absolute atomic E-state index is 4.20. The Morgan fingerprint density at radius 2 is 2.16 bits per heavy atom. The lowest BCUT2D eigenvalue weighted by Crippen LogP contribution is -2.21. The van der Waals surface area contributed by atoms with Crippen molar-refractivity contribution in [1.29, 1.82) is 0 Å². The second kappa shape index (κ2) is 5.82. The third-order valence-corrected chi connectivity index (χ3v) is 5.13. The molecule has 2 nitrogen and oxygen atoms in total. The molecule has 0 amide bonds. The first-order chi connectivity index (χ1) is 9.38. The van der Waals surface area contributed by atoms with Crippen LogP contribution in [0.25, 0.3) is 10.1 Å². The molecule has 1 unspecified atom stereocenters. The standard InChI is InChI=1S/C15H16N2S2/c1-2-17-13(15-8-16-10-19-15)7-11-9-18-14-6-4-3-5-12(11)14/h3-6,8-10,13,17H,2,7H2,1H3. The number of thiophene rings is 1. The summed E-state index contributed by atoms with van der Waals surface area (Å²) in [5.74, 6) is 0. The van der Waals surface area contributed by atoms with Gasteiger partial charge in [-0.2, -0.15) is 0 Å². The molecule has 0 radical (unpaired) electrons. The SMILES string of the molecule is CCNC(Cc1csc2ccccc12)c1cncs1. The van der Waals surface area contributed by atoms with Gasteiger partial charge in [-0.3, -0.25) is 4.98 Å². The van der Waals surface area contributed by atoms with E-state index in [0.29, 0.717) is 6.04 Å². The van der Waals surface area contributed by atoms with E-state index in [1.54, 1.807) is 11.3 Å². The van der Waals surface area contributed by atoms with Crippen molar-refractivity contribution in [2.45, 2.75) is 19.4 Å². The molecule has 0 bridgehead atoms. The van der Waals surface area contributed by atoms with Crippen LogP contribution in [0.1, 0.15) is 23.4 Å². The van der Waals surface area contributed by atoms with Gasteiger partial charge in [0.15, 0.2) is 0 Å². The van der Waals surface area contributed by atoms with Gasteiger partial charge in [0.25, 0.3) is 0 Å². The Kier molecular flexibility index (Phi) is 3.92. The molecule has 0 saturated heterocycles. The third-order valence-electron chi connectivity index (χ3n) is 3.23. The molecule has 1 aromatic carbocycles. The predicted molar refractivity (Wildman–Crippen MR) is 84.1 cm³/mol. The fourth-order valence-electron chi connectivity index (χ4n) is 2.33. The Bertz CT molecular complexity index is 643. The van der Waals surface area contributed by atoms with Gasteiger partial charge in [-0.15, -0.1) is 22.7 Å². The Hall–Kier alpha value is -1.23. The molecule has 0 aliphatic carbocycles. The van der Waals surface area contributed by atoms with Gasteiger partial charge in [-0.1, -0.05) is 25.1 Å². The van der Waals surface area contributed by atoms with Crippen molar-refractivity contribution >= 4 is 32.8 Å². The zero-order chi connectivity index (χ0) is 13.1. The average Bonchev–Trinajstić information content (AvgIpc) is 3.08. The van der Waals surface area contributed by atoms with Crippen molar-refractivity contribution in [2.75, 3.05) is 6.54 Å². The second-order valence-electron chi connectivity index (χ2n) is 4.48. The molecule has 0 saturated carbocycles. The summed E-state index contributed by atoms with van der Waals surface area (Å²) >= 11 is 3.56. The van der Waals surface area contributed by atoms with E-state index in [1.807, 2.05) is 23.0 Å². The summed E-state index contributed by atoms with van der Waals surface area (Å²) in [7, 11) is 0. The van der Waals surface area contributed by atoms with Crippen LogP contribution in [-0.2, 0) is 6.42 Å².